The van der Waals surface area contributed by atoms with Gasteiger partial charge in [0.05, 0.1) is 11.6 Å². The second kappa shape index (κ2) is 4.88. The molecule has 1 unspecified atom stereocenters. The highest BCUT2D eigenvalue weighted by Gasteiger charge is 2.10. The van der Waals surface area contributed by atoms with Gasteiger partial charge < -0.3 is 9.29 Å². The minimum absolute atomic E-state index is 0.638. The van der Waals surface area contributed by atoms with Gasteiger partial charge in [0.1, 0.15) is 11.5 Å². The molecule has 0 aliphatic carbocycles. The van der Waals surface area contributed by atoms with E-state index in [-0.39, 0.29) is 0 Å². The predicted octanol–water partition coefficient (Wildman–Crippen LogP) is 2.59. The van der Waals surface area contributed by atoms with Crippen molar-refractivity contribution in [2.75, 3.05) is 12.9 Å². The van der Waals surface area contributed by atoms with Gasteiger partial charge in [-0.3, -0.25) is 0 Å². The van der Waals surface area contributed by atoms with Crippen LogP contribution in [0.25, 0.3) is 0 Å². The molecule has 13 heavy (non-hydrogen) atoms. The highest BCUT2D eigenvalue weighted by molar-refractivity contribution is 9.10. The summed E-state index contributed by atoms with van der Waals surface area (Å²) in [6.45, 7) is 1.90. The molecule has 0 bridgehead atoms. The molecular formula is C9H11BrO2S. The summed E-state index contributed by atoms with van der Waals surface area (Å²) in [5, 5.41) is 0. The Hall–Kier alpha value is -0.190. The van der Waals surface area contributed by atoms with Gasteiger partial charge in [-0.15, -0.1) is 0 Å². The van der Waals surface area contributed by atoms with Crippen LogP contribution in [0.15, 0.2) is 27.6 Å². The van der Waals surface area contributed by atoms with Gasteiger partial charge in [0.15, 0.2) is 4.90 Å². The number of methoxy groups -OCH3 is 1. The molecule has 0 amide bonds. The largest absolute Gasteiger partial charge is 0.611 e. The molecular weight excluding hydrogens is 252 g/mol. The maximum absolute atomic E-state index is 11.4. The van der Waals surface area contributed by atoms with Gasteiger partial charge in [0.25, 0.3) is 0 Å². The zero-order valence-corrected chi connectivity index (χ0v) is 9.94. The first kappa shape index (κ1) is 10.9. The summed E-state index contributed by atoms with van der Waals surface area (Å²) < 4.78 is 17.3. The van der Waals surface area contributed by atoms with Crippen LogP contribution >= 0.6 is 15.9 Å². The molecule has 72 valence electrons. The van der Waals surface area contributed by atoms with E-state index in [1.54, 1.807) is 7.11 Å². The van der Waals surface area contributed by atoms with E-state index >= 15 is 0 Å². The molecule has 0 saturated carbocycles. The fraction of sp³-hybridized carbons (Fsp3) is 0.333. The molecule has 1 rings (SSSR count). The van der Waals surface area contributed by atoms with Crippen LogP contribution in [-0.4, -0.2) is 17.4 Å². The van der Waals surface area contributed by atoms with Gasteiger partial charge >= 0.3 is 0 Å². The topological polar surface area (TPSA) is 32.3 Å². The predicted molar refractivity (Wildman–Crippen MR) is 57.6 cm³/mol. The quantitative estimate of drug-likeness (QED) is 0.785. The lowest BCUT2D eigenvalue weighted by Gasteiger charge is -2.09. The number of hydrogen-bond donors (Lipinski definition) is 0. The van der Waals surface area contributed by atoms with E-state index in [4.69, 9.17) is 4.74 Å². The highest BCUT2D eigenvalue weighted by Crippen LogP contribution is 2.27. The normalized spacial score (nSPS) is 12.6. The zero-order chi connectivity index (χ0) is 9.84. The van der Waals surface area contributed by atoms with Crippen molar-refractivity contribution in [2.45, 2.75) is 11.8 Å². The van der Waals surface area contributed by atoms with Crippen molar-refractivity contribution in [3.05, 3.63) is 22.7 Å². The average molecular weight is 263 g/mol. The molecule has 4 heteroatoms. The molecule has 0 heterocycles. The number of rotatable bonds is 3. The summed E-state index contributed by atoms with van der Waals surface area (Å²) >= 11 is 2.45. The SMILES string of the molecule is CC[S+]([O-])c1ccc(OC)c(Br)c1. The second-order valence-electron chi connectivity index (χ2n) is 2.43. The van der Waals surface area contributed by atoms with Gasteiger partial charge in [-0.1, -0.05) is 0 Å². The number of ether oxygens (including phenoxy) is 1. The first-order valence-electron chi connectivity index (χ1n) is 3.91. The Morgan fingerprint density at radius 1 is 1.54 bits per heavy atom. The number of halogens is 1. The van der Waals surface area contributed by atoms with Crippen LogP contribution < -0.4 is 4.74 Å². The Balaban J connectivity index is 2.95. The van der Waals surface area contributed by atoms with Crippen LogP contribution in [0.2, 0.25) is 0 Å². The lowest BCUT2D eigenvalue weighted by atomic mass is 10.3. The summed E-state index contributed by atoms with van der Waals surface area (Å²) in [7, 11) is 1.61. The maximum Gasteiger partial charge on any atom is 0.154 e. The summed E-state index contributed by atoms with van der Waals surface area (Å²) in [6, 6.07) is 5.47. The molecule has 2 nitrogen and oxygen atoms in total. The zero-order valence-electron chi connectivity index (χ0n) is 7.54. The van der Waals surface area contributed by atoms with E-state index in [1.807, 2.05) is 25.1 Å². The minimum Gasteiger partial charge on any atom is -0.611 e. The molecule has 0 aliphatic rings. The van der Waals surface area contributed by atoms with E-state index in [0.717, 1.165) is 15.1 Å². The van der Waals surface area contributed by atoms with Crippen molar-refractivity contribution >= 4 is 27.1 Å². The first-order chi connectivity index (χ1) is 6.19. The monoisotopic (exact) mass is 262 g/mol. The van der Waals surface area contributed by atoms with Crippen LogP contribution in [0.1, 0.15) is 6.92 Å². The molecule has 1 aromatic carbocycles. The van der Waals surface area contributed by atoms with Crippen molar-refractivity contribution in [2.24, 2.45) is 0 Å². The smallest absolute Gasteiger partial charge is 0.154 e. The lowest BCUT2D eigenvalue weighted by Crippen LogP contribution is -2.03. The van der Waals surface area contributed by atoms with Crippen LogP contribution in [0, 0.1) is 0 Å². The Morgan fingerprint density at radius 3 is 2.69 bits per heavy atom. The van der Waals surface area contributed by atoms with Crippen molar-refractivity contribution < 1.29 is 9.29 Å². The maximum atomic E-state index is 11.4. The molecule has 1 atom stereocenters. The Morgan fingerprint density at radius 2 is 2.23 bits per heavy atom. The van der Waals surface area contributed by atoms with Gasteiger partial charge in [0, 0.05) is 6.07 Å². The van der Waals surface area contributed by atoms with Crippen LogP contribution in [-0.2, 0) is 11.2 Å². The van der Waals surface area contributed by atoms with E-state index < -0.39 is 11.2 Å². The van der Waals surface area contributed by atoms with Crippen molar-refractivity contribution in [3.8, 4) is 5.75 Å². The third kappa shape index (κ3) is 2.62. The molecule has 0 aromatic heterocycles. The standard InChI is InChI=1S/C9H11BrO2S/c1-3-13(11)7-4-5-9(12-2)8(10)6-7/h4-6H,3H2,1-2H3. The fourth-order valence-electron chi connectivity index (χ4n) is 0.955. The Labute approximate surface area is 89.6 Å². The summed E-state index contributed by atoms with van der Waals surface area (Å²) in [4.78, 5) is 0.829. The van der Waals surface area contributed by atoms with E-state index in [0.29, 0.717) is 5.75 Å². The molecule has 0 saturated heterocycles. The van der Waals surface area contributed by atoms with Crippen molar-refractivity contribution in [1.82, 2.24) is 0 Å². The van der Waals surface area contributed by atoms with E-state index in [1.165, 1.54) is 0 Å². The molecule has 1 aromatic rings. The van der Waals surface area contributed by atoms with Gasteiger partial charge in [-0.2, -0.15) is 0 Å². The van der Waals surface area contributed by atoms with Gasteiger partial charge in [-0.25, -0.2) is 0 Å². The van der Waals surface area contributed by atoms with Crippen LogP contribution in [0.4, 0.5) is 0 Å². The second-order valence-corrected chi connectivity index (χ2v) is 5.02. The van der Waals surface area contributed by atoms with Crippen LogP contribution in [0.5, 0.6) is 5.75 Å². The van der Waals surface area contributed by atoms with E-state index in [9.17, 15) is 4.55 Å². The summed E-state index contributed by atoms with van der Waals surface area (Å²) in [6.07, 6.45) is 0. The number of benzene rings is 1. The lowest BCUT2D eigenvalue weighted by molar-refractivity contribution is 0.411. The molecule has 0 radical (unpaired) electrons. The third-order valence-corrected chi connectivity index (χ3v) is 3.57. The van der Waals surface area contributed by atoms with E-state index in [2.05, 4.69) is 15.9 Å². The van der Waals surface area contributed by atoms with Gasteiger partial charge in [0.2, 0.25) is 0 Å². The Kier molecular flexibility index (Phi) is 4.09. The number of hydrogen-bond acceptors (Lipinski definition) is 2. The fourth-order valence-corrected chi connectivity index (χ4v) is 2.45. The summed E-state index contributed by atoms with van der Waals surface area (Å²) in [5.74, 6) is 1.40. The highest BCUT2D eigenvalue weighted by atomic mass is 79.9. The van der Waals surface area contributed by atoms with Gasteiger partial charge in [-0.05, 0) is 46.2 Å². The summed E-state index contributed by atoms with van der Waals surface area (Å²) in [5.41, 5.74) is 0. The van der Waals surface area contributed by atoms with Crippen molar-refractivity contribution in [1.29, 1.82) is 0 Å². The third-order valence-electron chi connectivity index (χ3n) is 1.65. The minimum atomic E-state index is -0.896. The van der Waals surface area contributed by atoms with Crippen molar-refractivity contribution in [3.63, 3.8) is 0 Å². The molecule has 0 fully saturated rings. The van der Waals surface area contributed by atoms with Crippen LogP contribution in [0.3, 0.4) is 0 Å². The Bertz CT molecular complexity index is 291. The average Bonchev–Trinajstić information content (AvgIpc) is 2.16. The molecule has 0 aliphatic heterocycles. The molecule has 0 spiro atoms. The molecule has 0 N–H and O–H groups in total. The first-order valence-corrected chi connectivity index (χ1v) is 6.02.